The molecule has 0 aliphatic carbocycles. The molecule has 2 aromatic carbocycles. The molecule has 2 heterocycles. The van der Waals surface area contributed by atoms with E-state index in [1.807, 2.05) is 35.2 Å². The minimum absolute atomic E-state index is 0.125. The van der Waals surface area contributed by atoms with Crippen molar-refractivity contribution in [2.45, 2.75) is 38.3 Å². The molecule has 186 valence electrons. The maximum atomic E-state index is 13.4. The quantitative estimate of drug-likeness (QED) is 0.561. The summed E-state index contributed by atoms with van der Waals surface area (Å²) in [7, 11) is 0. The number of halogens is 1. The Balaban J connectivity index is 1.43. The number of imide groups is 1. The van der Waals surface area contributed by atoms with Gasteiger partial charge in [-0.1, -0.05) is 18.2 Å². The molecule has 0 aromatic heterocycles. The number of anilines is 1. The summed E-state index contributed by atoms with van der Waals surface area (Å²) in [6.07, 6.45) is 0.552. The topological polar surface area (TPSA) is 79.4 Å². The third kappa shape index (κ3) is 5.45. The fourth-order valence-electron chi connectivity index (χ4n) is 4.84. The molecule has 1 spiro atoms. The number of hydrogen-bond donors (Lipinski definition) is 0. The lowest BCUT2D eigenvalue weighted by atomic mass is 9.85. The van der Waals surface area contributed by atoms with Gasteiger partial charge < -0.3 is 14.4 Å². The van der Waals surface area contributed by atoms with Crippen molar-refractivity contribution in [3.8, 4) is 5.75 Å². The lowest BCUT2D eigenvalue weighted by Gasteiger charge is -2.43. The highest BCUT2D eigenvalue weighted by molar-refractivity contribution is 6.04. The third-order valence-corrected chi connectivity index (χ3v) is 6.62. The van der Waals surface area contributed by atoms with Crippen LogP contribution in [0.5, 0.6) is 5.75 Å². The zero-order valence-electron chi connectivity index (χ0n) is 20.0. The number of hydrogen-bond acceptors (Lipinski definition) is 7. The average Bonchev–Trinajstić information content (AvgIpc) is 3.12. The highest BCUT2D eigenvalue weighted by Gasteiger charge is 2.54. The number of piperidine rings is 1. The van der Waals surface area contributed by atoms with Crippen LogP contribution in [0.1, 0.15) is 26.7 Å². The summed E-state index contributed by atoms with van der Waals surface area (Å²) in [5.41, 5.74) is 0.119. The van der Waals surface area contributed by atoms with Crippen molar-refractivity contribution >= 4 is 23.5 Å². The van der Waals surface area contributed by atoms with Crippen molar-refractivity contribution in [2.75, 3.05) is 37.8 Å². The van der Waals surface area contributed by atoms with E-state index in [0.717, 1.165) is 5.69 Å². The minimum atomic E-state index is -0.787. The van der Waals surface area contributed by atoms with Crippen molar-refractivity contribution in [3.05, 3.63) is 60.4 Å². The van der Waals surface area contributed by atoms with Crippen LogP contribution in [0, 0.1) is 5.82 Å². The SMILES string of the molecule is CC(=O)OC(COc1ccc(F)cc1)CN1CCC2(CC1)C(=O)N(C(C)=O)CN2c1ccccc1. The van der Waals surface area contributed by atoms with Gasteiger partial charge in [0.05, 0.1) is 0 Å². The molecule has 0 N–H and O–H groups in total. The minimum Gasteiger partial charge on any atom is -0.490 e. The fourth-order valence-corrected chi connectivity index (χ4v) is 4.84. The van der Waals surface area contributed by atoms with Gasteiger partial charge in [-0.05, 0) is 49.2 Å². The van der Waals surface area contributed by atoms with E-state index in [2.05, 4.69) is 4.90 Å². The van der Waals surface area contributed by atoms with Crippen molar-refractivity contribution in [1.82, 2.24) is 9.80 Å². The number of carbonyl (C=O) groups excluding carboxylic acids is 3. The van der Waals surface area contributed by atoms with Crippen molar-refractivity contribution in [2.24, 2.45) is 0 Å². The molecule has 8 nitrogen and oxygen atoms in total. The number of carbonyl (C=O) groups is 3. The van der Waals surface area contributed by atoms with Crippen LogP contribution in [0.25, 0.3) is 0 Å². The first-order valence-electron chi connectivity index (χ1n) is 11.7. The first-order valence-corrected chi connectivity index (χ1v) is 11.7. The van der Waals surface area contributed by atoms with E-state index in [9.17, 15) is 18.8 Å². The maximum absolute atomic E-state index is 13.4. The predicted molar refractivity (Wildman–Crippen MR) is 127 cm³/mol. The summed E-state index contributed by atoms with van der Waals surface area (Å²) in [4.78, 5) is 42.7. The molecule has 2 aliphatic rings. The Kier molecular flexibility index (Phi) is 7.35. The number of rotatable bonds is 7. The van der Waals surface area contributed by atoms with E-state index in [0.29, 0.717) is 38.2 Å². The zero-order chi connectivity index (χ0) is 25.0. The summed E-state index contributed by atoms with van der Waals surface area (Å²) in [6.45, 7) is 4.75. The molecule has 2 aromatic rings. The fraction of sp³-hybridized carbons (Fsp3) is 0.423. The Morgan fingerprint density at radius 1 is 1.03 bits per heavy atom. The Labute approximate surface area is 204 Å². The van der Waals surface area contributed by atoms with Crippen LogP contribution in [-0.4, -0.2) is 72.1 Å². The number of nitrogens with zero attached hydrogens (tertiary/aromatic N) is 3. The van der Waals surface area contributed by atoms with Crippen LogP contribution in [0.3, 0.4) is 0 Å². The second-order valence-corrected chi connectivity index (χ2v) is 8.99. The lowest BCUT2D eigenvalue weighted by Crippen LogP contribution is -2.57. The van der Waals surface area contributed by atoms with Gasteiger partial charge in [0.15, 0.2) is 0 Å². The summed E-state index contributed by atoms with van der Waals surface area (Å²) in [5, 5.41) is 0. The highest BCUT2D eigenvalue weighted by Crippen LogP contribution is 2.39. The smallest absolute Gasteiger partial charge is 0.303 e. The van der Waals surface area contributed by atoms with E-state index in [4.69, 9.17) is 9.47 Å². The van der Waals surface area contributed by atoms with E-state index < -0.39 is 17.6 Å². The molecule has 0 bridgehead atoms. The van der Waals surface area contributed by atoms with E-state index in [1.165, 1.54) is 43.0 Å². The number of ether oxygens (including phenoxy) is 2. The average molecular weight is 484 g/mol. The Hall–Kier alpha value is -3.46. The standard InChI is InChI=1S/C26H30FN3O5/c1-19(31)29-18-30(22-6-4-3-5-7-22)26(25(29)33)12-14-28(15-13-26)16-24(35-20(2)32)17-34-23-10-8-21(27)9-11-23/h3-11,24H,12-18H2,1-2H3. The summed E-state index contributed by atoms with van der Waals surface area (Å²) in [5.74, 6) is -0.705. The molecule has 4 rings (SSSR count). The van der Waals surface area contributed by atoms with Crippen LogP contribution in [0.4, 0.5) is 10.1 Å². The number of likely N-dealkylation sites (tertiary alicyclic amines) is 1. The number of para-hydroxylation sites is 1. The van der Waals surface area contributed by atoms with Crippen molar-refractivity contribution < 1.29 is 28.2 Å². The highest BCUT2D eigenvalue weighted by atomic mass is 19.1. The van der Waals surface area contributed by atoms with Gasteiger partial charge in [-0.25, -0.2) is 4.39 Å². The molecular weight excluding hydrogens is 453 g/mol. The van der Waals surface area contributed by atoms with Gasteiger partial charge in [-0.2, -0.15) is 0 Å². The van der Waals surface area contributed by atoms with Crippen LogP contribution in [-0.2, 0) is 19.1 Å². The first-order chi connectivity index (χ1) is 16.8. The molecule has 1 unspecified atom stereocenters. The molecule has 35 heavy (non-hydrogen) atoms. The molecule has 2 aliphatic heterocycles. The van der Waals surface area contributed by atoms with Crippen molar-refractivity contribution in [1.29, 1.82) is 0 Å². The Morgan fingerprint density at radius 2 is 1.69 bits per heavy atom. The normalized spacial score (nSPS) is 18.5. The molecule has 2 fully saturated rings. The van der Waals surface area contributed by atoms with Crippen LogP contribution in [0.15, 0.2) is 54.6 Å². The molecule has 0 saturated carbocycles. The Morgan fingerprint density at radius 3 is 2.29 bits per heavy atom. The van der Waals surface area contributed by atoms with Crippen molar-refractivity contribution in [3.63, 3.8) is 0 Å². The zero-order valence-corrected chi connectivity index (χ0v) is 20.0. The first kappa shape index (κ1) is 24.7. The van der Waals surface area contributed by atoms with Gasteiger partial charge in [-0.15, -0.1) is 0 Å². The number of amides is 2. The molecule has 2 saturated heterocycles. The summed E-state index contributed by atoms with van der Waals surface area (Å²) in [6, 6.07) is 15.3. The number of benzene rings is 2. The lowest BCUT2D eigenvalue weighted by molar-refractivity contribution is -0.149. The number of esters is 1. The van der Waals surface area contributed by atoms with Gasteiger partial charge >= 0.3 is 5.97 Å². The van der Waals surface area contributed by atoms with Crippen LogP contribution < -0.4 is 9.64 Å². The summed E-state index contributed by atoms with van der Waals surface area (Å²) < 4.78 is 24.3. The van der Waals surface area contributed by atoms with E-state index in [1.54, 1.807) is 0 Å². The van der Waals surface area contributed by atoms with Crippen LogP contribution in [0.2, 0.25) is 0 Å². The van der Waals surface area contributed by atoms with Gasteiger partial charge in [0.1, 0.15) is 36.5 Å². The molecule has 9 heteroatoms. The van der Waals surface area contributed by atoms with Gasteiger partial charge in [-0.3, -0.25) is 24.2 Å². The molecule has 2 amide bonds. The monoisotopic (exact) mass is 483 g/mol. The largest absolute Gasteiger partial charge is 0.490 e. The van der Waals surface area contributed by atoms with Gasteiger partial charge in [0, 0.05) is 39.2 Å². The van der Waals surface area contributed by atoms with Gasteiger partial charge in [0.25, 0.3) is 5.91 Å². The second kappa shape index (κ2) is 10.4. The van der Waals surface area contributed by atoms with E-state index in [-0.39, 0.29) is 30.9 Å². The molecule has 0 radical (unpaired) electrons. The second-order valence-electron chi connectivity index (χ2n) is 8.99. The molecular formula is C26H30FN3O5. The third-order valence-electron chi connectivity index (χ3n) is 6.62. The van der Waals surface area contributed by atoms with Crippen LogP contribution >= 0.6 is 0 Å². The molecule has 1 atom stereocenters. The Bertz CT molecular complexity index is 1050. The van der Waals surface area contributed by atoms with Gasteiger partial charge in [0.2, 0.25) is 5.91 Å². The predicted octanol–water partition coefficient (Wildman–Crippen LogP) is 2.82. The summed E-state index contributed by atoms with van der Waals surface area (Å²) >= 11 is 0. The maximum Gasteiger partial charge on any atom is 0.303 e. The van der Waals surface area contributed by atoms with E-state index >= 15 is 0 Å².